The van der Waals surface area contributed by atoms with Crippen LogP contribution >= 0.6 is 0 Å². The molecule has 2 rings (SSSR count). The first-order valence-electron chi connectivity index (χ1n) is 6.41. The average molecular weight is 235 g/mol. The zero-order valence-electron chi connectivity index (χ0n) is 10.2. The van der Waals surface area contributed by atoms with Gasteiger partial charge < -0.3 is 15.2 Å². The average Bonchev–Trinajstić information content (AvgIpc) is 2.38. The minimum atomic E-state index is 0.209. The Hall–Kier alpha value is -1.06. The van der Waals surface area contributed by atoms with E-state index in [1.807, 2.05) is 30.3 Å². The Morgan fingerprint density at radius 2 is 1.82 bits per heavy atom. The van der Waals surface area contributed by atoms with E-state index in [4.69, 9.17) is 15.2 Å². The molecule has 1 aliphatic rings. The highest BCUT2D eigenvalue weighted by Crippen LogP contribution is 2.19. The van der Waals surface area contributed by atoms with E-state index in [9.17, 15) is 0 Å². The van der Waals surface area contributed by atoms with Crippen molar-refractivity contribution in [2.45, 2.75) is 37.8 Å². The molecule has 0 saturated heterocycles. The Bertz CT molecular complexity index is 315. The number of hydrogen-bond donors (Lipinski definition) is 1. The third-order valence-electron chi connectivity index (χ3n) is 3.18. The number of nitrogens with two attached hydrogens (primary N) is 1. The first-order chi connectivity index (χ1) is 8.36. The Balaban J connectivity index is 1.63. The van der Waals surface area contributed by atoms with Crippen molar-refractivity contribution in [3.8, 4) is 5.75 Å². The SMILES string of the molecule is NC1CCCCC1OCCOc1ccccc1. The quantitative estimate of drug-likeness (QED) is 0.797. The topological polar surface area (TPSA) is 44.5 Å². The molecule has 2 atom stereocenters. The molecular weight excluding hydrogens is 214 g/mol. The molecular formula is C14H21NO2. The molecule has 0 spiro atoms. The van der Waals surface area contributed by atoms with E-state index >= 15 is 0 Å². The number of para-hydroxylation sites is 1. The third-order valence-corrected chi connectivity index (χ3v) is 3.18. The normalized spacial score (nSPS) is 24.5. The van der Waals surface area contributed by atoms with Gasteiger partial charge in [0.1, 0.15) is 12.4 Å². The summed E-state index contributed by atoms with van der Waals surface area (Å²) in [6.45, 7) is 1.21. The highest BCUT2D eigenvalue weighted by atomic mass is 16.5. The minimum absolute atomic E-state index is 0.209. The van der Waals surface area contributed by atoms with Gasteiger partial charge in [-0.15, -0.1) is 0 Å². The lowest BCUT2D eigenvalue weighted by Gasteiger charge is -2.28. The second kappa shape index (κ2) is 6.62. The maximum atomic E-state index is 6.01. The third kappa shape index (κ3) is 4.02. The van der Waals surface area contributed by atoms with Crippen molar-refractivity contribution in [3.63, 3.8) is 0 Å². The molecule has 17 heavy (non-hydrogen) atoms. The monoisotopic (exact) mass is 235 g/mol. The molecule has 1 aliphatic carbocycles. The summed E-state index contributed by atoms with van der Waals surface area (Å²) in [6.07, 6.45) is 4.87. The van der Waals surface area contributed by atoms with Crippen LogP contribution in [0.1, 0.15) is 25.7 Å². The minimum Gasteiger partial charge on any atom is -0.491 e. The maximum Gasteiger partial charge on any atom is 0.119 e. The summed E-state index contributed by atoms with van der Waals surface area (Å²) in [7, 11) is 0. The van der Waals surface area contributed by atoms with Gasteiger partial charge in [0.15, 0.2) is 0 Å². The van der Waals surface area contributed by atoms with E-state index in [0.717, 1.165) is 18.6 Å². The molecule has 1 saturated carbocycles. The number of benzene rings is 1. The molecule has 1 aromatic carbocycles. The Labute approximate surface area is 103 Å². The molecule has 2 unspecified atom stereocenters. The van der Waals surface area contributed by atoms with Gasteiger partial charge in [-0.1, -0.05) is 31.0 Å². The van der Waals surface area contributed by atoms with Crippen LogP contribution in [-0.4, -0.2) is 25.4 Å². The van der Waals surface area contributed by atoms with E-state index in [-0.39, 0.29) is 12.1 Å². The zero-order chi connectivity index (χ0) is 11.9. The van der Waals surface area contributed by atoms with Gasteiger partial charge in [0.05, 0.1) is 12.7 Å². The first kappa shape index (κ1) is 12.4. The van der Waals surface area contributed by atoms with Gasteiger partial charge in [0, 0.05) is 6.04 Å². The summed E-state index contributed by atoms with van der Waals surface area (Å²) < 4.78 is 11.3. The van der Waals surface area contributed by atoms with Crippen LogP contribution in [0.2, 0.25) is 0 Å². The Morgan fingerprint density at radius 3 is 2.59 bits per heavy atom. The van der Waals surface area contributed by atoms with Crippen LogP contribution in [0.15, 0.2) is 30.3 Å². The van der Waals surface area contributed by atoms with Crippen LogP contribution in [0.4, 0.5) is 0 Å². The van der Waals surface area contributed by atoms with E-state index in [1.165, 1.54) is 12.8 Å². The second-order valence-electron chi connectivity index (χ2n) is 4.52. The van der Waals surface area contributed by atoms with E-state index in [2.05, 4.69) is 0 Å². The molecule has 0 heterocycles. The van der Waals surface area contributed by atoms with Gasteiger partial charge in [-0.05, 0) is 25.0 Å². The van der Waals surface area contributed by atoms with Crippen LogP contribution in [0.3, 0.4) is 0 Å². The molecule has 0 radical (unpaired) electrons. The van der Waals surface area contributed by atoms with E-state index < -0.39 is 0 Å². The lowest BCUT2D eigenvalue weighted by Crippen LogP contribution is -2.40. The van der Waals surface area contributed by atoms with Crippen LogP contribution in [-0.2, 0) is 4.74 Å². The summed E-state index contributed by atoms with van der Waals surface area (Å²) in [6, 6.07) is 10.0. The number of rotatable bonds is 5. The van der Waals surface area contributed by atoms with Gasteiger partial charge in [0.2, 0.25) is 0 Å². The van der Waals surface area contributed by atoms with Crippen molar-refractivity contribution >= 4 is 0 Å². The summed E-state index contributed by atoms with van der Waals surface area (Å²) in [5, 5.41) is 0. The van der Waals surface area contributed by atoms with Gasteiger partial charge in [-0.3, -0.25) is 0 Å². The maximum absolute atomic E-state index is 6.01. The summed E-state index contributed by atoms with van der Waals surface area (Å²) in [5.41, 5.74) is 6.01. The van der Waals surface area contributed by atoms with Crippen molar-refractivity contribution in [2.75, 3.05) is 13.2 Å². The van der Waals surface area contributed by atoms with Crippen molar-refractivity contribution in [1.29, 1.82) is 0 Å². The molecule has 0 bridgehead atoms. The predicted octanol–water partition coefficient (Wildman–Crippen LogP) is 2.35. The van der Waals surface area contributed by atoms with Crippen molar-refractivity contribution in [1.82, 2.24) is 0 Å². The molecule has 2 N–H and O–H groups in total. The lowest BCUT2D eigenvalue weighted by atomic mass is 9.93. The standard InChI is InChI=1S/C14H21NO2/c15-13-8-4-5-9-14(13)17-11-10-16-12-6-2-1-3-7-12/h1-3,6-7,13-14H,4-5,8-11,15H2. The fraction of sp³-hybridized carbons (Fsp3) is 0.571. The fourth-order valence-electron chi connectivity index (χ4n) is 2.21. The molecule has 3 nitrogen and oxygen atoms in total. The molecule has 0 aromatic heterocycles. The summed E-state index contributed by atoms with van der Waals surface area (Å²) in [5.74, 6) is 0.893. The smallest absolute Gasteiger partial charge is 0.119 e. The van der Waals surface area contributed by atoms with Crippen molar-refractivity contribution in [3.05, 3.63) is 30.3 Å². The molecule has 0 aliphatic heterocycles. The summed E-state index contributed by atoms with van der Waals surface area (Å²) >= 11 is 0. The molecule has 0 amide bonds. The van der Waals surface area contributed by atoms with Crippen molar-refractivity contribution < 1.29 is 9.47 Å². The van der Waals surface area contributed by atoms with E-state index in [0.29, 0.717) is 13.2 Å². The van der Waals surface area contributed by atoms with Gasteiger partial charge in [0.25, 0.3) is 0 Å². The molecule has 1 aromatic rings. The Morgan fingerprint density at radius 1 is 1.06 bits per heavy atom. The largest absolute Gasteiger partial charge is 0.491 e. The zero-order valence-corrected chi connectivity index (χ0v) is 10.2. The number of hydrogen-bond acceptors (Lipinski definition) is 3. The van der Waals surface area contributed by atoms with Gasteiger partial charge >= 0.3 is 0 Å². The highest BCUT2D eigenvalue weighted by molar-refractivity contribution is 5.20. The number of ether oxygens (including phenoxy) is 2. The predicted molar refractivity (Wildman–Crippen MR) is 68.1 cm³/mol. The molecule has 94 valence electrons. The summed E-state index contributed by atoms with van der Waals surface area (Å²) in [4.78, 5) is 0. The van der Waals surface area contributed by atoms with Crippen LogP contribution in [0.5, 0.6) is 5.75 Å². The Kier molecular flexibility index (Phi) is 4.83. The molecule has 3 heteroatoms. The van der Waals surface area contributed by atoms with Gasteiger partial charge in [-0.25, -0.2) is 0 Å². The van der Waals surface area contributed by atoms with Crippen LogP contribution in [0, 0.1) is 0 Å². The van der Waals surface area contributed by atoms with Gasteiger partial charge in [-0.2, -0.15) is 0 Å². The van der Waals surface area contributed by atoms with Crippen LogP contribution in [0.25, 0.3) is 0 Å². The molecule has 1 fully saturated rings. The lowest BCUT2D eigenvalue weighted by molar-refractivity contribution is 0.00137. The first-order valence-corrected chi connectivity index (χ1v) is 6.41. The van der Waals surface area contributed by atoms with E-state index in [1.54, 1.807) is 0 Å². The van der Waals surface area contributed by atoms with Crippen molar-refractivity contribution in [2.24, 2.45) is 5.73 Å². The highest BCUT2D eigenvalue weighted by Gasteiger charge is 2.21. The fourth-order valence-corrected chi connectivity index (χ4v) is 2.21. The second-order valence-corrected chi connectivity index (χ2v) is 4.52. The van der Waals surface area contributed by atoms with Crippen LogP contribution < -0.4 is 10.5 Å².